The van der Waals surface area contributed by atoms with Gasteiger partial charge < -0.3 is 9.64 Å². The van der Waals surface area contributed by atoms with E-state index in [2.05, 4.69) is 73.5 Å². The van der Waals surface area contributed by atoms with E-state index in [1.807, 2.05) is 41.7 Å². The van der Waals surface area contributed by atoms with E-state index in [0.29, 0.717) is 6.42 Å². The molecule has 3 nitrogen and oxygen atoms in total. The number of ether oxygens (including phenoxy) is 1. The van der Waals surface area contributed by atoms with Gasteiger partial charge in [0.15, 0.2) is 0 Å². The van der Waals surface area contributed by atoms with Crippen LogP contribution >= 0.6 is 37.2 Å². The molecule has 0 bridgehead atoms. The van der Waals surface area contributed by atoms with Gasteiger partial charge >= 0.3 is 28.3 Å². The second kappa shape index (κ2) is 16.3. The summed E-state index contributed by atoms with van der Waals surface area (Å²) < 4.78 is 5.54. The molecule has 1 heterocycles. The van der Waals surface area contributed by atoms with Gasteiger partial charge in [0.05, 0.1) is 7.11 Å². The Kier molecular flexibility index (Phi) is 16.0. The molecule has 1 aromatic heterocycles. The van der Waals surface area contributed by atoms with E-state index in [9.17, 15) is 4.79 Å². The van der Waals surface area contributed by atoms with Gasteiger partial charge in [-0.2, -0.15) is 11.8 Å². The fourth-order valence-electron chi connectivity index (χ4n) is 3.26. The Balaban J connectivity index is 0.00000143. The zero-order valence-corrected chi connectivity index (χ0v) is 22.4. The molecule has 1 unspecified atom stereocenters. The molecule has 0 N–H and O–H groups in total. The number of halogens is 1. The number of para-hydroxylation sites is 1. The first kappa shape index (κ1) is 28.5. The predicted octanol–water partition coefficient (Wildman–Crippen LogP) is 6.75. The van der Waals surface area contributed by atoms with Crippen molar-refractivity contribution < 1.29 is 23.7 Å². The second-order valence-electron chi connectivity index (χ2n) is 6.91. The van der Waals surface area contributed by atoms with Crippen molar-refractivity contribution in [2.75, 3.05) is 19.6 Å². The number of rotatable bonds is 7. The number of carbonyl (C=O) groups is 1. The minimum absolute atomic E-state index is 0.0219. The number of thiophene rings is 1. The van der Waals surface area contributed by atoms with E-state index in [4.69, 9.17) is 4.74 Å². The Morgan fingerprint density at radius 1 is 1.10 bits per heavy atom. The average molecular weight is 551 g/mol. The van der Waals surface area contributed by atoms with E-state index < -0.39 is 0 Å². The number of nitrogens with zero attached hydrogens (tertiary/aromatic N) is 1. The third-order valence-electron chi connectivity index (χ3n) is 4.18. The normalized spacial score (nSPS) is 11.2. The summed E-state index contributed by atoms with van der Waals surface area (Å²) in [6, 6.07) is 12.5. The molecule has 1 aromatic carbocycles. The summed E-state index contributed by atoms with van der Waals surface area (Å²) in [6.45, 7) is 8.28. The van der Waals surface area contributed by atoms with E-state index in [-0.39, 0.29) is 23.9 Å². The molecule has 0 aliphatic heterocycles. The molecule has 0 spiro atoms. The van der Waals surface area contributed by atoms with Crippen LogP contribution in [0.4, 0.5) is 0 Å². The van der Waals surface area contributed by atoms with Crippen LogP contribution in [0.3, 0.4) is 0 Å². The third kappa shape index (κ3) is 9.48. The first-order valence-corrected chi connectivity index (χ1v) is 14.2. The molecule has 1 amide bonds. The van der Waals surface area contributed by atoms with Crippen molar-refractivity contribution >= 4 is 43.1 Å². The number of amides is 1. The zero-order valence-electron chi connectivity index (χ0n) is 18.2. The molecule has 7 heteroatoms. The van der Waals surface area contributed by atoms with Crippen molar-refractivity contribution in [1.29, 1.82) is 0 Å². The Morgan fingerprint density at radius 2 is 1.66 bits per heavy atom. The summed E-state index contributed by atoms with van der Waals surface area (Å²) in [4.78, 5) is 16.2. The monoisotopic (exact) mass is 549 g/mol. The summed E-state index contributed by atoms with van der Waals surface area (Å²) in [5.74, 6) is 1.04. The molecule has 0 fully saturated rings. The Hall–Kier alpha value is -0.461. The molecule has 0 saturated heterocycles. The third-order valence-corrected chi connectivity index (χ3v) is 5.17. The van der Waals surface area contributed by atoms with Crippen molar-refractivity contribution in [2.45, 2.75) is 52.1 Å². The Labute approximate surface area is 200 Å². The van der Waals surface area contributed by atoms with E-state index >= 15 is 0 Å². The quantitative estimate of drug-likeness (QED) is 0.357. The molecule has 0 saturated carbocycles. The summed E-state index contributed by atoms with van der Waals surface area (Å²) >= 11 is 9.94. The van der Waals surface area contributed by atoms with Crippen molar-refractivity contribution in [3.63, 3.8) is 0 Å². The van der Waals surface area contributed by atoms with Crippen LogP contribution in [0.15, 0.2) is 41.8 Å². The van der Waals surface area contributed by atoms with Gasteiger partial charge in [0, 0.05) is 34.9 Å². The maximum atomic E-state index is 13.0. The number of methoxy groups -OCH3 is 1. The second-order valence-corrected chi connectivity index (χ2v) is 8.71. The number of thioether (sulfide) groups is 1. The van der Waals surface area contributed by atoms with Crippen molar-refractivity contribution in [2.24, 2.45) is 0 Å². The summed E-state index contributed by atoms with van der Waals surface area (Å²) in [7, 11) is 1.68. The molecule has 0 aliphatic carbocycles. The van der Waals surface area contributed by atoms with Crippen LogP contribution in [-0.4, -0.2) is 42.5 Å². The number of hydrogen-bond donors (Lipinski definition) is 0. The first-order valence-electron chi connectivity index (χ1n) is 9.36. The van der Waals surface area contributed by atoms with E-state index in [1.54, 1.807) is 30.2 Å². The van der Waals surface area contributed by atoms with Gasteiger partial charge in [0.1, 0.15) is 5.75 Å². The molecule has 2 aromatic rings. The summed E-state index contributed by atoms with van der Waals surface area (Å²) in [5, 5.41) is 2.06. The first-order chi connectivity index (χ1) is 13.9. The number of carbonyl (C=O) groups excluding carboxylic acids is 1. The van der Waals surface area contributed by atoms with Crippen molar-refractivity contribution in [3.8, 4) is 5.75 Å². The van der Waals surface area contributed by atoms with Crippen LogP contribution < -0.4 is 4.74 Å². The van der Waals surface area contributed by atoms with Gasteiger partial charge in [-0.05, 0) is 57.7 Å². The van der Waals surface area contributed by atoms with Gasteiger partial charge in [0.2, 0.25) is 5.91 Å². The molecule has 0 aliphatic rings. The number of benzene rings is 1. The molecule has 168 valence electrons. The molecular formula is C22H33BrCuNO2S2. The number of hydrogen-bond acceptors (Lipinski definition) is 4. The van der Waals surface area contributed by atoms with Crippen molar-refractivity contribution in [1.82, 2.24) is 4.90 Å². The Bertz CT molecular complexity index is 673. The molecular weight excluding hydrogens is 518 g/mol. The van der Waals surface area contributed by atoms with Crippen LogP contribution in [-0.2, 0) is 19.0 Å². The van der Waals surface area contributed by atoms with Crippen LogP contribution in [0.1, 0.15) is 50.5 Å². The van der Waals surface area contributed by atoms with Gasteiger partial charge in [-0.1, -0.05) is 24.3 Å². The summed E-state index contributed by atoms with van der Waals surface area (Å²) in [5.41, 5.74) is 1.07. The molecule has 2 rings (SSSR count). The van der Waals surface area contributed by atoms with Crippen LogP contribution in [0.5, 0.6) is 5.75 Å². The molecule has 0 radical (unpaired) electrons. The zero-order chi connectivity index (χ0) is 22.4. The fourth-order valence-corrected chi connectivity index (χ4v) is 4.11. The molecule has 29 heavy (non-hydrogen) atoms. The van der Waals surface area contributed by atoms with Gasteiger partial charge in [0.25, 0.3) is 0 Å². The van der Waals surface area contributed by atoms with Crippen LogP contribution in [0.25, 0.3) is 0 Å². The minimum atomic E-state index is 0.0219. The standard InChI is InChI=1S/C20H27NO2S.C2H6S.BrH.Cu/c1-14(2)21(15(3)4)20(22)13-17(19-11-8-12-24-19)16-9-6-7-10-18(16)23-5;1-3-2;;/h6-12,14-15,17H,13H2,1-5H3;1-2H3;1H;/q;;;+1/p-1. The van der Waals surface area contributed by atoms with E-state index in [1.165, 1.54) is 4.88 Å². The average Bonchev–Trinajstić information content (AvgIpc) is 3.22. The predicted molar refractivity (Wildman–Crippen MR) is 129 cm³/mol. The van der Waals surface area contributed by atoms with Gasteiger partial charge in [-0.15, -0.1) is 11.3 Å². The Morgan fingerprint density at radius 3 is 2.10 bits per heavy atom. The fraction of sp³-hybridized carbons (Fsp3) is 0.500. The van der Waals surface area contributed by atoms with Crippen LogP contribution in [0, 0.1) is 0 Å². The molecule has 1 atom stereocenters. The van der Waals surface area contributed by atoms with Gasteiger partial charge in [-0.3, -0.25) is 4.79 Å². The van der Waals surface area contributed by atoms with Crippen LogP contribution in [0.2, 0.25) is 0 Å². The SMILES string of the molecule is COc1ccccc1C(CC(=O)N(C(C)C)C(C)C)c1cccs1.CSC.[Cu][Br]. The maximum absolute atomic E-state index is 13.0. The topological polar surface area (TPSA) is 29.5 Å². The van der Waals surface area contributed by atoms with Crippen molar-refractivity contribution in [3.05, 3.63) is 52.2 Å². The summed E-state index contributed by atoms with van der Waals surface area (Å²) in [6.07, 6.45) is 4.54. The van der Waals surface area contributed by atoms with Gasteiger partial charge in [-0.25, -0.2) is 0 Å². The van der Waals surface area contributed by atoms with E-state index in [0.717, 1.165) is 11.3 Å².